The molecule has 3 heterocycles. The van der Waals surface area contributed by atoms with Crippen LogP contribution in [0.25, 0.3) is 11.3 Å². The second-order valence-corrected chi connectivity index (χ2v) is 7.64. The van der Waals surface area contributed by atoms with Crippen molar-refractivity contribution in [3.05, 3.63) is 35.2 Å². The van der Waals surface area contributed by atoms with Gasteiger partial charge >= 0.3 is 0 Å². The monoisotopic (exact) mass is 389 g/mol. The van der Waals surface area contributed by atoms with E-state index < -0.39 is 40.2 Å². The van der Waals surface area contributed by atoms with E-state index in [9.17, 15) is 23.7 Å². The highest BCUT2D eigenvalue weighted by molar-refractivity contribution is 7.86. The first kappa shape index (κ1) is 18.2. The summed E-state index contributed by atoms with van der Waals surface area (Å²) in [5.74, 6) is 0.140. The Kier molecular flexibility index (Phi) is 5.06. The maximum Gasteiger partial charge on any atom is 0.295 e. The molecule has 0 bridgehead atoms. The molecule has 136 valence electrons. The van der Waals surface area contributed by atoms with Gasteiger partial charge in [0, 0.05) is 10.9 Å². The number of aromatic nitrogens is 1. The lowest BCUT2D eigenvalue weighted by atomic mass is 10.1. The number of pyridine rings is 1. The van der Waals surface area contributed by atoms with Crippen molar-refractivity contribution >= 4 is 21.5 Å². The molecule has 1 fully saturated rings. The molecule has 1 unspecified atom stereocenters. The fourth-order valence-corrected chi connectivity index (χ4v) is 3.74. The Morgan fingerprint density at radius 2 is 1.88 bits per heavy atom. The number of aliphatic hydroxyl groups is 3. The van der Waals surface area contributed by atoms with Gasteiger partial charge in [-0.05, 0) is 23.6 Å². The van der Waals surface area contributed by atoms with Crippen LogP contribution >= 0.6 is 11.3 Å². The summed E-state index contributed by atoms with van der Waals surface area (Å²) in [4.78, 5) is 4.18. The van der Waals surface area contributed by atoms with Crippen LogP contribution in [0.1, 0.15) is 0 Å². The van der Waals surface area contributed by atoms with Gasteiger partial charge in [0.15, 0.2) is 0 Å². The second kappa shape index (κ2) is 6.96. The number of hydrogen-bond donors (Lipinski definition) is 4. The van der Waals surface area contributed by atoms with Gasteiger partial charge in [0.2, 0.25) is 11.7 Å². The standard InChI is InChI=1S/C14H15NO8S2/c16-10-11(17)13(23-14(12(10)18)25(19,20)21)22-8-1-2-9(15-5-8)7-3-4-24-6-7/h1-6,10-14,16-18H,(H,19,20,21)/t10-,11-,12+,13-,14?/m1/s1. The lowest BCUT2D eigenvalue weighted by molar-refractivity contribution is -0.254. The summed E-state index contributed by atoms with van der Waals surface area (Å²) in [5.41, 5.74) is -0.547. The molecule has 3 rings (SSSR count). The molecule has 11 heteroatoms. The normalized spacial score (nSPS) is 30.2. The molecule has 2 aromatic rings. The molecule has 25 heavy (non-hydrogen) atoms. The molecule has 0 amide bonds. The number of thiophene rings is 1. The fraction of sp³-hybridized carbons (Fsp3) is 0.357. The highest BCUT2D eigenvalue weighted by Crippen LogP contribution is 2.27. The number of aliphatic hydroxyl groups excluding tert-OH is 3. The van der Waals surface area contributed by atoms with Crippen LogP contribution in [-0.4, -0.2) is 63.3 Å². The Morgan fingerprint density at radius 1 is 1.12 bits per heavy atom. The SMILES string of the molecule is O=S(=O)(O)C1O[C@@H](Oc2ccc(-c3ccsc3)nc2)[C@H](O)[C@@H](O)[C@@H]1O. The van der Waals surface area contributed by atoms with Crippen molar-refractivity contribution in [3.8, 4) is 17.0 Å². The van der Waals surface area contributed by atoms with E-state index in [0.717, 1.165) is 5.56 Å². The van der Waals surface area contributed by atoms with E-state index in [-0.39, 0.29) is 5.75 Å². The molecule has 0 spiro atoms. The third-order valence-corrected chi connectivity index (χ3v) is 5.29. The molecule has 0 radical (unpaired) electrons. The maximum atomic E-state index is 11.2. The molecule has 2 aromatic heterocycles. The predicted octanol–water partition coefficient (Wildman–Crippen LogP) is -0.158. The Labute approximate surface area is 146 Å². The summed E-state index contributed by atoms with van der Waals surface area (Å²) in [5, 5.41) is 33.1. The molecule has 1 saturated heterocycles. The minimum absolute atomic E-state index is 0.140. The van der Waals surface area contributed by atoms with E-state index in [2.05, 4.69) is 4.98 Å². The Balaban J connectivity index is 1.77. The van der Waals surface area contributed by atoms with Gasteiger partial charge in [-0.25, -0.2) is 0 Å². The predicted molar refractivity (Wildman–Crippen MR) is 86.4 cm³/mol. The van der Waals surface area contributed by atoms with Gasteiger partial charge in [0.1, 0.15) is 24.1 Å². The average Bonchev–Trinajstić information content (AvgIpc) is 3.09. The Hall–Kier alpha value is -1.60. The van der Waals surface area contributed by atoms with Crippen LogP contribution in [0.5, 0.6) is 5.75 Å². The van der Waals surface area contributed by atoms with Crippen molar-refractivity contribution in [1.82, 2.24) is 4.98 Å². The number of nitrogens with zero attached hydrogens (tertiary/aromatic N) is 1. The third-order valence-electron chi connectivity index (χ3n) is 3.62. The van der Waals surface area contributed by atoms with Crippen LogP contribution < -0.4 is 4.74 Å². The zero-order chi connectivity index (χ0) is 18.2. The molecule has 0 aliphatic carbocycles. The summed E-state index contributed by atoms with van der Waals surface area (Å²) >= 11 is 1.51. The van der Waals surface area contributed by atoms with Gasteiger partial charge in [-0.1, -0.05) is 0 Å². The largest absolute Gasteiger partial charge is 0.460 e. The van der Waals surface area contributed by atoms with E-state index in [0.29, 0.717) is 5.69 Å². The molecule has 0 saturated carbocycles. The van der Waals surface area contributed by atoms with Gasteiger partial charge in [-0.3, -0.25) is 9.54 Å². The topological polar surface area (TPSA) is 146 Å². The van der Waals surface area contributed by atoms with E-state index in [4.69, 9.17) is 14.0 Å². The lowest BCUT2D eigenvalue weighted by Gasteiger charge is -2.38. The first-order valence-electron chi connectivity index (χ1n) is 7.08. The van der Waals surface area contributed by atoms with E-state index in [1.807, 2.05) is 16.8 Å². The van der Waals surface area contributed by atoms with Crippen molar-refractivity contribution in [2.24, 2.45) is 0 Å². The first-order valence-corrected chi connectivity index (χ1v) is 9.53. The summed E-state index contributed by atoms with van der Waals surface area (Å²) in [6.45, 7) is 0. The Morgan fingerprint density at radius 3 is 2.44 bits per heavy atom. The smallest absolute Gasteiger partial charge is 0.295 e. The fourth-order valence-electron chi connectivity index (χ4n) is 2.33. The molecular formula is C14H15NO8S2. The van der Waals surface area contributed by atoms with Gasteiger partial charge in [0.25, 0.3) is 10.1 Å². The number of rotatable bonds is 4. The second-order valence-electron chi connectivity index (χ2n) is 5.37. The van der Waals surface area contributed by atoms with E-state index in [1.165, 1.54) is 23.6 Å². The quantitative estimate of drug-likeness (QED) is 0.524. The molecular weight excluding hydrogens is 374 g/mol. The van der Waals surface area contributed by atoms with Gasteiger partial charge in [-0.15, -0.1) is 0 Å². The summed E-state index contributed by atoms with van der Waals surface area (Å²) in [6, 6.07) is 5.06. The van der Waals surface area contributed by atoms with Crippen molar-refractivity contribution in [3.63, 3.8) is 0 Å². The van der Waals surface area contributed by atoms with Crippen molar-refractivity contribution in [2.45, 2.75) is 30.0 Å². The van der Waals surface area contributed by atoms with Crippen molar-refractivity contribution in [1.29, 1.82) is 0 Å². The van der Waals surface area contributed by atoms with E-state index in [1.54, 1.807) is 6.07 Å². The zero-order valence-electron chi connectivity index (χ0n) is 12.5. The average molecular weight is 389 g/mol. The van der Waals surface area contributed by atoms with Crippen molar-refractivity contribution < 1.29 is 37.8 Å². The summed E-state index contributed by atoms with van der Waals surface area (Å²) < 4.78 is 41.7. The molecule has 9 nitrogen and oxygen atoms in total. The van der Waals surface area contributed by atoms with Crippen LogP contribution in [-0.2, 0) is 14.9 Å². The molecule has 1 aliphatic rings. The minimum Gasteiger partial charge on any atom is -0.460 e. The van der Waals surface area contributed by atoms with Crippen molar-refractivity contribution in [2.75, 3.05) is 0 Å². The van der Waals surface area contributed by atoms with E-state index >= 15 is 0 Å². The molecule has 0 aromatic carbocycles. The lowest BCUT2D eigenvalue weighted by Crippen LogP contribution is -2.61. The van der Waals surface area contributed by atoms with Gasteiger partial charge in [-0.2, -0.15) is 19.8 Å². The summed E-state index contributed by atoms with van der Waals surface area (Å²) in [7, 11) is -4.83. The van der Waals surface area contributed by atoms with Crippen LogP contribution in [0.3, 0.4) is 0 Å². The Bertz CT molecular complexity index is 808. The molecule has 5 atom stereocenters. The highest BCUT2D eigenvalue weighted by Gasteiger charge is 2.50. The zero-order valence-corrected chi connectivity index (χ0v) is 14.2. The minimum atomic E-state index is -4.83. The molecule has 1 aliphatic heterocycles. The number of ether oxygens (including phenoxy) is 2. The number of hydrogen-bond acceptors (Lipinski definition) is 9. The molecule has 4 N–H and O–H groups in total. The van der Waals surface area contributed by atoms with Gasteiger partial charge < -0.3 is 24.8 Å². The van der Waals surface area contributed by atoms with Crippen LogP contribution in [0.4, 0.5) is 0 Å². The van der Waals surface area contributed by atoms with Crippen LogP contribution in [0.2, 0.25) is 0 Å². The van der Waals surface area contributed by atoms with Crippen LogP contribution in [0.15, 0.2) is 35.2 Å². The van der Waals surface area contributed by atoms with Crippen LogP contribution in [0, 0.1) is 0 Å². The summed E-state index contributed by atoms with van der Waals surface area (Å²) in [6.07, 6.45) is -5.93. The third kappa shape index (κ3) is 3.82. The first-order chi connectivity index (χ1) is 11.8. The maximum absolute atomic E-state index is 11.2. The highest BCUT2D eigenvalue weighted by atomic mass is 32.2. The van der Waals surface area contributed by atoms with Gasteiger partial charge in [0.05, 0.1) is 11.9 Å².